The van der Waals surface area contributed by atoms with Gasteiger partial charge in [-0.3, -0.25) is 9.80 Å². The third-order valence-electron chi connectivity index (χ3n) is 1.24. The van der Waals surface area contributed by atoms with Gasteiger partial charge in [0.05, 0.1) is 5.69 Å². The summed E-state index contributed by atoms with van der Waals surface area (Å²) in [6.07, 6.45) is 0.559. The van der Waals surface area contributed by atoms with Crippen LogP contribution in [0.1, 0.15) is 0 Å². The van der Waals surface area contributed by atoms with Crippen LogP contribution in [0.25, 0.3) is 0 Å². The highest BCUT2D eigenvalue weighted by Gasteiger charge is 1.96. The first kappa shape index (κ1) is 8.23. The smallest absolute Gasteiger partial charge is 0.228 e. The number of benzene rings is 1. The van der Waals surface area contributed by atoms with Crippen LogP contribution >= 0.6 is 15.9 Å². The minimum absolute atomic E-state index is 0.559. The van der Waals surface area contributed by atoms with Gasteiger partial charge in [-0.2, -0.15) is 0 Å². The molecule has 58 valence electrons. The average molecular weight is 215 g/mol. The standard InChI is InChI=1S/C7H7BrN2O/c8-6-1-3-7(4-2-6)10(9)5-11/h1-5H,9H2. The number of rotatable bonds is 2. The number of carbonyl (C=O) groups is 1. The van der Waals surface area contributed by atoms with Crippen LogP contribution in [0, 0.1) is 0 Å². The van der Waals surface area contributed by atoms with Gasteiger partial charge in [-0.25, -0.2) is 5.84 Å². The Hall–Kier alpha value is -0.870. The minimum Gasteiger partial charge on any atom is -0.277 e. The first-order chi connectivity index (χ1) is 5.24. The maximum Gasteiger partial charge on any atom is 0.228 e. The molecule has 0 saturated carbocycles. The first-order valence-corrected chi connectivity index (χ1v) is 3.78. The van der Waals surface area contributed by atoms with Crippen molar-refractivity contribution in [2.75, 3.05) is 5.01 Å². The summed E-state index contributed by atoms with van der Waals surface area (Å²) < 4.78 is 0.959. The molecule has 0 aliphatic rings. The van der Waals surface area contributed by atoms with E-state index >= 15 is 0 Å². The molecule has 0 fully saturated rings. The Bertz CT molecular complexity index is 247. The summed E-state index contributed by atoms with van der Waals surface area (Å²) in [7, 11) is 0. The molecule has 4 heteroatoms. The predicted octanol–water partition coefficient (Wildman–Crippen LogP) is 1.29. The van der Waals surface area contributed by atoms with Gasteiger partial charge in [-0.05, 0) is 24.3 Å². The van der Waals surface area contributed by atoms with Crippen molar-refractivity contribution < 1.29 is 4.79 Å². The van der Waals surface area contributed by atoms with Crippen LogP contribution in [-0.2, 0) is 4.79 Å². The number of nitrogens with two attached hydrogens (primary N) is 1. The molecule has 0 aromatic heterocycles. The van der Waals surface area contributed by atoms with Crippen molar-refractivity contribution in [3.8, 4) is 0 Å². The van der Waals surface area contributed by atoms with Crippen LogP contribution in [0.4, 0.5) is 5.69 Å². The fourth-order valence-corrected chi connectivity index (χ4v) is 0.938. The summed E-state index contributed by atoms with van der Waals surface area (Å²) in [5.74, 6) is 5.29. The number of halogens is 1. The minimum atomic E-state index is 0.559. The molecule has 0 radical (unpaired) electrons. The highest BCUT2D eigenvalue weighted by molar-refractivity contribution is 9.10. The lowest BCUT2D eigenvalue weighted by atomic mass is 10.3. The molecule has 0 bridgehead atoms. The molecule has 0 unspecified atom stereocenters. The fraction of sp³-hybridized carbons (Fsp3) is 0. The molecule has 0 aliphatic carbocycles. The summed E-state index contributed by atoms with van der Waals surface area (Å²) in [6, 6.07) is 7.13. The normalized spacial score (nSPS) is 9.27. The maximum absolute atomic E-state index is 10.2. The number of hydrazine groups is 1. The van der Waals surface area contributed by atoms with Crippen molar-refractivity contribution in [2.45, 2.75) is 0 Å². The van der Waals surface area contributed by atoms with E-state index in [1.54, 1.807) is 12.1 Å². The predicted molar refractivity (Wildman–Crippen MR) is 46.9 cm³/mol. The zero-order valence-corrected chi connectivity index (χ0v) is 7.28. The molecule has 0 atom stereocenters. The Kier molecular flexibility index (Phi) is 2.62. The molecule has 1 aromatic rings. The van der Waals surface area contributed by atoms with E-state index < -0.39 is 0 Å². The molecule has 0 spiro atoms. The number of nitrogens with zero attached hydrogens (tertiary/aromatic N) is 1. The molecule has 2 N–H and O–H groups in total. The maximum atomic E-state index is 10.2. The molecule has 3 nitrogen and oxygen atoms in total. The van der Waals surface area contributed by atoms with E-state index in [4.69, 9.17) is 5.84 Å². The van der Waals surface area contributed by atoms with Gasteiger partial charge in [0.1, 0.15) is 0 Å². The quantitative estimate of drug-likeness (QED) is 0.349. The van der Waals surface area contributed by atoms with Gasteiger partial charge < -0.3 is 0 Å². The second kappa shape index (κ2) is 3.50. The van der Waals surface area contributed by atoms with Gasteiger partial charge in [0, 0.05) is 4.47 Å². The summed E-state index contributed by atoms with van der Waals surface area (Å²) in [6.45, 7) is 0. The van der Waals surface area contributed by atoms with Crippen LogP contribution < -0.4 is 10.9 Å². The number of hydrogen-bond donors (Lipinski definition) is 1. The second-order valence-corrected chi connectivity index (χ2v) is 2.90. The first-order valence-electron chi connectivity index (χ1n) is 2.99. The van der Waals surface area contributed by atoms with Crippen LogP contribution in [0.2, 0.25) is 0 Å². The lowest BCUT2D eigenvalue weighted by Crippen LogP contribution is -2.28. The van der Waals surface area contributed by atoms with E-state index in [0.29, 0.717) is 12.1 Å². The number of hydrogen-bond acceptors (Lipinski definition) is 2. The van der Waals surface area contributed by atoms with Crippen molar-refractivity contribution in [3.63, 3.8) is 0 Å². The van der Waals surface area contributed by atoms with Crippen LogP contribution in [0.15, 0.2) is 28.7 Å². The van der Waals surface area contributed by atoms with Crippen LogP contribution in [-0.4, -0.2) is 6.41 Å². The number of anilines is 1. The molecule has 0 aliphatic heterocycles. The SMILES string of the molecule is NN(C=O)c1ccc(Br)cc1. The van der Waals surface area contributed by atoms with Gasteiger partial charge in [-0.15, -0.1) is 0 Å². The zero-order valence-electron chi connectivity index (χ0n) is 5.70. The van der Waals surface area contributed by atoms with Crippen molar-refractivity contribution >= 4 is 28.0 Å². The van der Waals surface area contributed by atoms with E-state index in [-0.39, 0.29) is 0 Å². The molecule has 0 heterocycles. The lowest BCUT2D eigenvalue weighted by Gasteiger charge is -2.08. The van der Waals surface area contributed by atoms with Gasteiger partial charge in [-0.1, -0.05) is 15.9 Å². The molecule has 1 aromatic carbocycles. The highest BCUT2D eigenvalue weighted by atomic mass is 79.9. The number of amides is 1. The van der Waals surface area contributed by atoms with Gasteiger partial charge >= 0.3 is 0 Å². The lowest BCUT2D eigenvalue weighted by molar-refractivity contribution is -0.107. The Morgan fingerprint density at radius 3 is 2.36 bits per heavy atom. The number of carbonyl (C=O) groups excluding carboxylic acids is 1. The Morgan fingerprint density at radius 2 is 1.91 bits per heavy atom. The highest BCUT2D eigenvalue weighted by Crippen LogP contribution is 2.14. The molecular weight excluding hydrogens is 208 g/mol. The molecule has 1 rings (SSSR count). The van der Waals surface area contributed by atoms with Crippen molar-refractivity contribution in [1.29, 1.82) is 0 Å². The summed E-state index contributed by atoms with van der Waals surface area (Å²) in [4.78, 5) is 10.2. The van der Waals surface area contributed by atoms with Crippen molar-refractivity contribution in [2.24, 2.45) is 5.84 Å². The van der Waals surface area contributed by atoms with E-state index in [2.05, 4.69) is 15.9 Å². The van der Waals surface area contributed by atoms with E-state index in [1.807, 2.05) is 12.1 Å². The summed E-state index contributed by atoms with van der Waals surface area (Å²) in [5, 5.41) is 1.02. The van der Waals surface area contributed by atoms with E-state index in [9.17, 15) is 4.79 Å². The molecule has 11 heavy (non-hydrogen) atoms. The van der Waals surface area contributed by atoms with E-state index in [1.165, 1.54) is 0 Å². The largest absolute Gasteiger partial charge is 0.277 e. The topological polar surface area (TPSA) is 46.3 Å². The van der Waals surface area contributed by atoms with Gasteiger partial charge in [0.25, 0.3) is 0 Å². The second-order valence-electron chi connectivity index (χ2n) is 1.99. The third kappa shape index (κ3) is 2.03. The van der Waals surface area contributed by atoms with Gasteiger partial charge in [0.2, 0.25) is 6.41 Å². The summed E-state index contributed by atoms with van der Waals surface area (Å²) >= 11 is 3.27. The monoisotopic (exact) mass is 214 g/mol. The van der Waals surface area contributed by atoms with Crippen LogP contribution in [0.5, 0.6) is 0 Å². The average Bonchev–Trinajstić information content (AvgIpc) is 2.05. The Labute approximate surface area is 72.9 Å². The van der Waals surface area contributed by atoms with E-state index in [0.717, 1.165) is 9.48 Å². The van der Waals surface area contributed by atoms with Gasteiger partial charge in [0.15, 0.2) is 0 Å². The third-order valence-corrected chi connectivity index (χ3v) is 1.77. The van der Waals surface area contributed by atoms with Crippen LogP contribution in [0.3, 0.4) is 0 Å². The summed E-state index contributed by atoms with van der Waals surface area (Å²) in [5.41, 5.74) is 0.670. The molecular formula is C7H7BrN2O. The molecule has 1 amide bonds. The van der Waals surface area contributed by atoms with Crippen molar-refractivity contribution in [3.05, 3.63) is 28.7 Å². The fourth-order valence-electron chi connectivity index (χ4n) is 0.674. The van der Waals surface area contributed by atoms with Crippen molar-refractivity contribution in [1.82, 2.24) is 0 Å². The Balaban J connectivity index is 2.89. The Morgan fingerprint density at radius 1 is 1.36 bits per heavy atom. The molecule has 0 saturated heterocycles. The zero-order chi connectivity index (χ0) is 8.27.